The van der Waals surface area contributed by atoms with Crippen molar-refractivity contribution in [3.05, 3.63) is 65.0 Å². The first kappa shape index (κ1) is 13.3. The normalized spacial score (nSPS) is 10.6. The summed E-state index contributed by atoms with van der Waals surface area (Å²) in [4.78, 5) is 0. The minimum absolute atomic E-state index is 0.110. The fraction of sp³-hybridized carbons (Fsp3) is 0.0769. The molecule has 0 aliphatic rings. The van der Waals surface area contributed by atoms with Crippen LogP contribution < -0.4 is 5.32 Å². The second-order valence-corrected chi connectivity index (χ2v) is 3.79. The van der Waals surface area contributed by atoms with E-state index in [4.69, 9.17) is 0 Å². The summed E-state index contributed by atoms with van der Waals surface area (Å²) in [5.74, 6) is -6.72. The minimum Gasteiger partial charge on any atom is -0.376 e. The monoisotopic (exact) mass is 273 g/mol. The summed E-state index contributed by atoms with van der Waals surface area (Å²) in [6.07, 6.45) is 0. The molecule has 0 bridgehead atoms. The quantitative estimate of drug-likeness (QED) is 0.658. The molecule has 2 aromatic rings. The molecule has 0 unspecified atom stereocenters. The first-order valence-electron chi connectivity index (χ1n) is 5.31. The molecular formula is C13H8F5N. The van der Waals surface area contributed by atoms with E-state index >= 15 is 0 Å². The highest BCUT2D eigenvalue weighted by Gasteiger charge is 2.18. The predicted octanol–water partition coefficient (Wildman–Crippen LogP) is 3.99. The van der Waals surface area contributed by atoms with Gasteiger partial charge in [-0.05, 0) is 6.07 Å². The predicted molar refractivity (Wildman–Crippen MR) is 60.0 cm³/mol. The molecule has 0 heterocycles. The summed E-state index contributed by atoms with van der Waals surface area (Å²) >= 11 is 0. The molecular weight excluding hydrogens is 265 g/mol. The van der Waals surface area contributed by atoms with Gasteiger partial charge in [-0.15, -0.1) is 0 Å². The minimum atomic E-state index is -1.55. The van der Waals surface area contributed by atoms with Crippen molar-refractivity contribution in [1.29, 1.82) is 0 Å². The Hall–Kier alpha value is -2.11. The van der Waals surface area contributed by atoms with Gasteiger partial charge in [0.05, 0.1) is 0 Å². The molecule has 1 nitrogen and oxygen atoms in total. The maximum atomic E-state index is 13.3. The molecule has 0 amide bonds. The third-order valence-electron chi connectivity index (χ3n) is 2.53. The lowest BCUT2D eigenvalue weighted by Gasteiger charge is -2.10. The standard InChI is InChI=1S/C13H8F5N/c14-8-4-2-1-3-7(8)6-19-13-11(17)9(15)5-10(16)12(13)18/h1-5,19H,6H2. The zero-order chi connectivity index (χ0) is 14.0. The topological polar surface area (TPSA) is 12.0 Å². The molecule has 2 rings (SSSR count). The van der Waals surface area contributed by atoms with Crippen LogP contribution in [0.5, 0.6) is 0 Å². The van der Waals surface area contributed by atoms with Gasteiger partial charge in [-0.1, -0.05) is 18.2 Å². The van der Waals surface area contributed by atoms with Gasteiger partial charge in [0.15, 0.2) is 23.3 Å². The Labute approximate surface area is 105 Å². The molecule has 0 aliphatic carbocycles. The average molecular weight is 273 g/mol. The second kappa shape index (κ2) is 5.26. The lowest BCUT2D eigenvalue weighted by Crippen LogP contribution is -2.08. The molecule has 0 atom stereocenters. The molecule has 100 valence electrons. The van der Waals surface area contributed by atoms with Crippen molar-refractivity contribution in [3.63, 3.8) is 0 Å². The molecule has 0 fully saturated rings. The zero-order valence-electron chi connectivity index (χ0n) is 9.48. The Bertz CT molecular complexity index is 586. The lowest BCUT2D eigenvalue weighted by molar-refractivity contribution is 0.458. The maximum Gasteiger partial charge on any atom is 0.185 e. The Morgan fingerprint density at radius 2 is 1.37 bits per heavy atom. The number of rotatable bonds is 3. The van der Waals surface area contributed by atoms with E-state index in [0.717, 1.165) is 6.07 Å². The number of hydrogen-bond donors (Lipinski definition) is 1. The first-order chi connectivity index (χ1) is 9.00. The Morgan fingerprint density at radius 3 is 1.95 bits per heavy atom. The van der Waals surface area contributed by atoms with Crippen LogP contribution in [0.2, 0.25) is 0 Å². The highest BCUT2D eigenvalue weighted by atomic mass is 19.2. The van der Waals surface area contributed by atoms with E-state index < -0.39 is 34.8 Å². The van der Waals surface area contributed by atoms with E-state index in [1.807, 2.05) is 0 Å². The van der Waals surface area contributed by atoms with E-state index in [1.165, 1.54) is 18.2 Å². The number of halogens is 5. The van der Waals surface area contributed by atoms with E-state index in [-0.39, 0.29) is 18.2 Å². The van der Waals surface area contributed by atoms with Crippen LogP contribution in [0.15, 0.2) is 30.3 Å². The molecule has 1 N–H and O–H groups in total. The highest BCUT2D eigenvalue weighted by Crippen LogP contribution is 2.24. The highest BCUT2D eigenvalue weighted by molar-refractivity contribution is 5.47. The fourth-order valence-electron chi connectivity index (χ4n) is 1.55. The summed E-state index contributed by atoms with van der Waals surface area (Å²) in [6.45, 7) is -0.302. The van der Waals surface area contributed by atoms with Crippen LogP contribution in [0, 0.1) is 29.1 Å². The van der Waals surface area contributed by atoms with Gasteiger partial charge in [0.25, 0.3) is 0 Å². The summed E-state index contributed by atoms with van der Waals surface area (Å²) < 4.78 is 65.8. The van der Waals surface area contributed by atoms with Gasteiger partial charge >= 0.3 is 0 Å². The summed E-state index contributed by atoms with van der Waals surface area (Å²) in [5.41, 5.74) is -0.841. The third-order valence-corrected chi connectivity index (χ3v) is 2.53. The Kier molecular flexibility index (Phi) is 3.69. The zero-order valence-corrected chi connectivity index (χ0v) is 9.48. The molecule has 0 saturated heterocycles. The average Bonchev–Trinajstić information content (AvgIpc) is 2.38. The van der Waals surface area contributed by atoms with E-state index in [0.29, 0.717) is 0 Å². The van der Waals surface area contributed by atoms with Gasteiger partial charge in [0.2, 0.25) is 0 Å². The Balaban J connectivity index is 2.28. The smallest absolute Gasteiger partial charge is 0.185 e. The summed E-state index contributed by atoms with van der Waals surface area (Å²) in [5, 5.41) is 2.15. The van der Waals surface area contributed by atoms with Crippen molar-refractivity contribution in [3.8, 4) is 0 Å². The maximum absolute atomic E-state index is 13.3. The molecule has 0 aliphatic heterocycles. The van der Waals surface area contributed by atoms with Gasteiger partial charge in [0.1, 0.15) is 11.5 Å². The van der Waals surface area contributed by atoms with Crippen LogP contribution in [-0.2, 0) is 6.54 Å². The van der Waals surface area contributed by atoms with Gasteiger partial charge in [-0.3, -0.25) is 0 Å². The fourth-order valence-corrected chi connectivity index (χ4v) is 1.55. The van der Waals surface area contributed by atoms with Gasteiger partial charge in [-0.2, -0.15) is 0 Å². The number of nitrogens with one attached hydrogen (secondary N) is 1. The molecule has 0 saturated carbocycles. The van der Waals surface area contributed by atoms with Gasteiger partial charge in [-0.25, -0.2) is 22.0 Å². The van der Waals surface area contributed by atoms with E-state index in [1.54, 1.807) is 0 Å². The van der Waals surface area contributed by atoms with Crippen LogP contribution >= 0.6 is 0 Å². The van der Waals surface area contributed by atoms with Crippen molar-refractivity contribution in [2.45, 2.75) is 6.54 Å². The Morgan fingerprint density at radius 1 is 0.789 bits per heavy atom. The van der Waals surface area contributed by atoms with Crippen LogP contribution in [0.1, 0.15) is 5.56 Å². The molecule has 0 spiro atoms. The van der Waals surface area contributed by atoms with Crippen LogP contribution in [0.4, 0.5) is 27.6 Å². The van der Waals surface area contributed by atoms with Crippen molar-refractivity contribution in [1.82, 2.24) is 0 Å². The van der Waals surface area contributed by atoms with E-state index in [9.17, 15) is 22.0 Å². The molecule has 2 aromatic carbocycles. The number of benzene rings is 2. The third kappa shape index (κ3) is 2.67. The number of hydrogen-bond acceptors (Lipinski definition) is 1. The molecule has 0 radical (unpaired) electrons. The second-order valence-electron chi connectivity index (χ2n) is 3.79. The summed E-state index contributed by atoms with van der Waals surface area (Å²) in [7, 11) is 0. The SMILES string of the molecule is Fc1ccccc1CNc1c(F)c(F)cc(F)c1F. The molecule has 19 heavy (non-hydrogen) atoms. The van der Waals surface area contributed by atoms with E-state index in [2.05, 4.69) is 5.32 Å². The largest absolute Gasteiger partial charge is 0.376 e. The van der Waals surface area contributed by atoms with Crippen molar-refractivity contribution < 1.29 is 22.0 Å². The first-order valence-corrected chi connectivity index (χ1v) is 5.31. The van der Waals surface area contributed by atoms with Crippen LogP contribution in [0.3, 0.4) is 0 Å². The summed E-state index contributed by atoms with van der Waals surface area (Å²) in [6, 6.07) is 5.63. The van der Waals surface area contributed by atoms with Crippen LogP contribution in [-0.4, -0.2) is 0 Å². The van der Waals surface area contributed by atoms with Crippen LogP contribution in [0.25, 0.3) is 0 Å². The molecule has 6 heteroatoms. The van der Waals surface area contributed by atoms with Crippen molar-refractivity contribution in [2.24, 2.45) is 0 Å². The lowest BCUT2D eigenvalue weighted by atomic mass is 10.2. The van der Waals surface area contributed by atoms with Crippen molar-refractivity contribution >= 4 is 5.69 Å². The van der Waals surface area contributed by atoms with Gasteiger partial charge < -0.3 is 5.32 Å². The van der Waals surface area contributed by atoms with Gasteiger partial charge in [0, 0.05) is 18.2 Å². The number of anilines is 1. The van der Waals surface area contributed by atoms with Crippen molar-refractivity contribution in [2.75, 3.05) is 5.32 Å². The molecule has 0 aromatic heterocycles.